The minimum Gasteiger partial charge on any atom is -0.497 e. The Labute approximate surface area is 146 Å². The Bertz CT molecular complexity index is 526. The second-order valence-electron chi connectivity index (χ2n) is 7.62. The number of aliphatic hydroxyl groups excluding tert-OH is 1. The van der Waals surface area contributed by atoms with Crippen LogP contribution in [0.1, 0.15) is 37.3 Å². The van der Waals surface area contributed by atoms with Crippen molar-refractivity contribution in [2.45, 2.75) is 51.2 Å². The van der Waals surface area contributed by atoms with Gasteiger partial charge in [0, 0.05) is 19.1 Å². The molecule has 1 aliphatic heterocycles. The SMILES string of the molecule is COc1ccc2c(c1)CC(NCC(O)CN1CCC(C)CC1)CC2. The number of benzene rings is 1. The summed E-state index contributed by atoms with van der Waals surface area (Å²) in [7, 11) is 1.72. The van der Waals surface area contributed by atoms with Crippen LogP contribution in [0.25, 0.3) is 0 Å². The van der Waals surface area contributed by atoms with E-state index < -0.39 is 0 Å². The van der Waals surface area contributed by atoms with E-state index in [-0.39, 0.29) is 6.10 Å². The smallest absolute Gasteiger partial charge is 0.119 e. The molecule has 134 valence electrons. The quantitative estimate of drug-likeness (QED) is 0.839. The molecule has 0 spiro atoms. The molecule has 1 aliphatic carbocycles. The van der Waals surface area contributed by atoms with Crippen LogP contribution in [-0.2, 0) is 12.8 Å². The largest absolute Gasteiger partial charge is 0.497 e. The Balaban J connectivity index is 1.43. The Morgan fingerprint density at radius 2 is 2.04 bits per heavy atom. The second-order valence-corrected chi connectivity index (χ2v) is 7.62. The molecule has 2 N–H and O–H groups in total. The number of aryl methyl sites for hydroxylation is 1. The van der Waals surface area contributed by atoms with Gasteiger partial charge in [-0.2, -0.15) is 0 Å². The fourth-order valence-corrected chi connectivity index (χ4v) is 3.94. The fraction of sp³-hybridized carbons (Fsp3) is 0.700. The first-order valence-corrected chi connectivity index (χ1v) is 9.43. The van der Waals surface area contributed by atoms with Crippen LogP contribution in [-0.4, -0.2) is 55.4 Å². The minimum absolute atomic E-state index is 0.273. The van der Waals surface area contributed by atoms with Crippen molar-refractivity contribution in [3.05, 3.63) is 29.3 Å². The Morgan fingerprint density at radius 3 is 2.79 bits per heavy atom. The number of methoxy groups -OCH3 is 1. The van der Waals surface area contributed by atoms with Gasteiger partial charge in [0.2, 0.25) is 0 Å². The summed E-state index contributed by atoms with van der Waals surface area (Å²) in [5, 5.41) is 13.9. The van der Waals surface area contributed by atoms with Gasteiger partial charge in [0.25, 0.3) is 0 Å². The zero-order valence-electron chi connectivity index (χ0n) is 15.1. The van der Waals surface area contributed by atoms with Gasteiger partial charge >= 0.3 is 0 Å². The predicted molar refractivity (Wildman–Crippen MR) is 97.7 cm³/mol. The highest BCUT2D eigenvalue weighted by atomic mass is 16.5. The molecule has 0 saturated carbocycles. The molecule has 0 bridgehead atoms. The van der Waals surface area contributed by atoms with Gasteiger partial charge in [-0.25, -0.2) is 0 Å². The molecule has 24 heavy (non-hydrogen) atoms. The third-order valence-electron chi connectivity index (χ3n) is 5.63. The Morgan fingerprint density at radius 1 is 1.25 bits per heavy atom. The first-order valence-electron chi connectivity index (χ1n) is 9.43. The van der Waals surface area contributed by atoms with Gasteiger partial charge in [0.1, 0.15) is 5.75 Å². The number of hydrogen-bond donors (Lipinski definition) is 2. The van der Waals surface area contributed by atoms with Crippen LogP contribution >= 0.6 is 0 Å². The van der Waals surface area contributed by atoms with Gasteiger partial charge in [-0.15, -0.1) is 0 Å². The van der Waals surface area contributed by atoms with Gasteiger partial charge in [0.05, 0.1) is 13.2 Å². The molecule has 3 rings (SSSR count). The fourth-order valence-electron chi connectivity index (χ4n) is 3.94. The molecule has 2 unspecified atom stereocenters. The third kappa shape index (κ3) is 4.71. The standard InChI is InChI=1S/C20H32N2O2/c1-15-7-9-22(10-8-15)14-19(23)13-21-18-5-3-16-4-6-20(24-2)12-17(16)11-18/h4,6,12,15,18-19,21,23H,3,5,7-11,13-14H2,1-2H3. The van der Waals surface area contributed by atoms with E-state index in [2.05, 4.69) is 35.3 Å². The topological polar surface area (TPSA) is 44.7 Å². The summed E-state index contributed by atoms with van der Waals surface area (Å²) in [6, 6.07) is 6.86. The van der Waals surface area contributed by atoms with E-state index >= 15 is 0 Å². The average Bonchev–Trinajstić information content (AvgIpc) is 2.61. The molecule has 1 heterocycles. The average molecular weight is 332 g/mol. The normalized spacial score (nSPS) is 23.7. The first-order chi connectivity index (χ1) is 11.6. The van der Waals surface area contributed by atoms with E-state index in [0.717, 1.165) is 50.6 Å². The van der Waals surface area contributed by atoms with Crippen LogP contribution in [0.5, 0.6) is 5.75 Å². The molecule has 1 saturated heterocycles. The second kappa shape index (κ2) is 8.32. The number of β-amino-alcohol motifs (C(OH)–C–C–N with tert-alkyl or cyclic N) is 1. The van der Waals surface area contributed by atoms with Gasteiger partial charge in [-0.1, -0.05) is 13.0 Å². The van der Waals surface area contributed by atoms with Crippen LogP contribution < -0.4 is 10.1 Å². The summed E-state index contributed by atoms with van der Waals surface area (Å²) in [6.07, 6.45) is 5.54. The lowest BCUT2D eigenvalue weighted by Crippen LogP contribution is -2.45. The monoisotopic (exact) mass is 332 g/mol. The van der Waals surface area contributed by atoms with Crippen LogP contribution in [0.15, 0.2) is 18.2 Å². The number of hydrogen-bond acceptors (Lipinski definition) is 4. The number of aliphatic hydroxyl groups is 1. The summed E-state index contributed by atoms with van der Waals surface area (Å²) in [5.74, 6) is 1.78. The van der Waals surface area contributed by atoms with E-state index in [1.54, 1.807) is 7.11 Å². The summed E-state index contributed by atoms with van der Waals surface area (Å²) in [5.41, 5.74) is 2.83. The number of likely N-dealkylation sites (tertiary alicyclic amines) is 1. The number of fused-ring (bicyclic) bond motifs is 1. The Hall–Kier alpha value is -1.10. The van der Waals surface area contributed by atoms with E-state index in [1.165, 1.54) is 24.0 Å². The molecule has 0 radical (unpaired) electrons. The lowest BCUT2D eigenvalue weighted by atomic mass is 9.88. The highest BCUT2D eigenvalue weighted by Gasteiger charge is 2.21. The highest BCUT2D eigenvalue weighted by Crippen LogP contribution is 2.25. The van der Waals surface area contributed by atoms with E-state index in [4.69, 9.17) is 4.74 Å². The van der Waals surface area contributed by atoms with Crippen molar-refractivity contribution in [1.29, 1.82) is 0 Å². The molecule has 0 aromatic heterocycles. The van der Waals surface area contributed by atoms with Gasteiger partial charge in [-0.05, 0) is 74.4 Å². The summed E-state index contributed by atoms with van der Waals surface area (Å²) < 4.78 is 5.34. The van der Waals surface area contributed by atoms with Crippen LogP contribution in [0.2, 0.25) is 0 Å². The number of ether oxygens (including phenoxy) is 1. The lowest BCUT2D eigenvalue weighted by Gasteiger charge is -2.32. The molecular weight excluding hydrogens is 300 g/mol. The molecule has 1 fully saturated rings. The maximum absolute atomic E-state index is 10.4. The van der Waals surface area contributed by atoms with Crippen molar-refractivity contribution in [2.24, 2.45) is 5.92 Å². The third-order valence-corrected chi connectivity index (χ3v) is 5.63. The molecule has 1 aromatic rings. The van der Waals surface area contributed by atoms with Crippen molar-refractivity contribution in [1.82, 2.24) is 10.2 Å². The lowest BCUT2D eigenvalue weighted by molar-refractivity contribution is 0.0884. The van der Waals surface area contributed by atoms with Gasteiger partial charge < -0.3 is 20.1 Å². The number of rotatable bonds is 6. The van der Waals surface area contributed by atoms with Crippen LogP contribution in [0, 0.1) is 5.92 Å². The first kappa shape index (κ1) is 17.7. The van der Waals surface area contributed by atoms with Crippen molar-refractivity contribution in [3.63, 3.8) is 0 Å². The van der Waals surface area contributed by atoms with Crippen molar-refractivity contribution < 1.29 is 9.84 Å². The van der Waals surface area contributed by atoms with Gasteiger partial charge in [-0.3, -0.25) is 0 Å². The minimum atomic E-state index is -0.273. The van der Waals surface area contributed by atoms with Crippen molar-refractivity contribution in [3.8, 4) is 5.75 Å². The van der Waals surface area contributed by atoms with Gasteiger partial charge in [0.15, 0.2) is 0 Å². The zero-order valence-corrected chi connectivity index (χ0v) is 15.1. The number of nitrogens with one attached hydrogen (secondary N) is 1. The maximum Gasteiger partial charge on any atom is 0.119 e. The number of nitrogens with zero attached hydrogens (tertiary/aromatic N) is 1. The van der Waals surface area contributed by atoms with E-state index in [1.807, 2.05) is 0 Å². The molecular formula is C20H32N2O2. The molecule has 4 nitrogen and oxygen atoms in total. The molecule has 0 amide bonds. The highest BCUT2D eigenvalue weighted by molar-refractivity contribution is 5.37. The summed E-state index contributed by atoms with van der Waals surface area (Å²) in [6.45, 7) is 6.09. The van der Waals surface area contributed by atoms with Crippen LogP contribution in [0.4, 0.5) is 0 Å². The molecule has 2 aliphatic rings. The molecule has 2 atom stereocenters. The molecule has 1 aromatic carbocycles. The maximum atomic E-state index is 10.4. The van der Waals surface area contributed by atoms with Crippen molar-refractivity contribution in [2.75, 3.05) is 33.3 Å². The van der Waals surface area contributed by atoms with E-state index in [0.29, 0.717) is 12.6 Å². The summed E-state index contributed by atoms with van der Waals surface area (Å²) in [4.78, 5) is 2.41. The summed E-state index contributed by atoms with van der Waals surface area (Å²) >= 11 is 0. The molecule has 4 heteroatoms. The predicted octanol–water partition coefficient (Wildman–Crippen LogP) is 2.23. The number of piperidine rings is 1. The van der Waals surface area contributed by atoms with E-state index in [9.17, 15) is 5.11 Å². The van der Waals surface area contributed by atoms with Crippen molar-refractivity contribution >= 4 is 0 Å². The zero-order chi connectivity index (χ0) is 16.9. The van der Waals surface area contributed by atoms with Crippen LogP contribution in [0.3, 0.4) is 0 Å². The Kier molecular flexibility index (Phi) is 6.14.